The Morgan fingerprint density at radius 3 is 2.75 bits per heavy atom. The van der Waals surface area contributed by atoms with Crippen LogP contribution in [0.5, 0.6) is 0 Å². The third kappa shape index (κ3) is 2.59. The van der Waals surface area contributed by atoms with Crippen molar-refractivity contribution in [3.8, 4) is 0 Å². The first-order valence-electron chi connectivity index (χ1n) is 6.77. The highest BCUT2D eigenvalue weighted by Gasteiger charge is 2.15. The van der Waals surface area contributed by atoms with E-state index in [4.69, 9.17) is 5.73 Å². The highest BCUT2D eigenvalue weighted by molar-refractivity contribution is 5.90. The highest BCUT2D eigenvalue weighted by atomic mass is 16.1. The van der Waals surface area contributed by atoms with Gasteiger partial charge in [-0.05, 0) is 33.3 Å². The van der Waals surface area contributed by atoms with Gasteiger partial charge in [0, 0.05) is 24.7 Å². The van der Waals surface area contributed by atoms with E-state index in [1.54, 1.807) is 0 Å². The van der Waals surface area contributed by atoms with Crippen molar-refractivity contribution >= 4 is 22.8 Å². The summed E-state index contributed by atoms with van der Waals surface area (Å²) in [5.74, 6) is 0.530. The summed E-state index contributed by atoms with van der Waals surface area (Å²) in [6, 6.07) is 0.157. The summed E-state index contributed by atoms with van der Waals surface area (Å²) in [5, 5.41) is 3.77. The van der Waals surface area contributed by atoms with Crippen LogP contribution in [0.4, 0.5) is 5.82 Å². The lowest BCUT2D eigenvalue weighted by molar-refractivity contribution is -0.121. The molecule has 0 atom stereocenters. The molecule has 0 saturated carbocycles. The molecule has 0 aliphatic heterocycles. The first kappa shape index (κ1) is 14.3. The van der Waals surface area contributed by atoms with Crippen molar-refractivity contribution < 1.29 is 4.79 Å². The topological polar surface area (TPSA) is 85.8 Å². The normalized spacial score (nSPS) is 11.2. The minimum absolute atomic E-state index is 0.0425. The molecule has 0 radical (unpaired) electrons. The number of rotatable bonds is 4. The molecule has 20 heavy (non-hydrogen) atoms. The zero-order valence-corrected chi connectivity index (χ0v) is 12.4. The molecule has 0 aliphatic carbocycles. The zero-order valence-electron chi connectivity index (χ0n) is 12.4. The summed E-state index contributed by atoms with van der Waals surface area (Å²) in [5.41, 5.74) is 8.86. The van der Waals surface area contributed by atoms with Gasteiger partial charge in [0.25, 0.3) is 0 Å². The molecule has 0 fully saturated rings. The van der Waals surface area contributed by atoms with E-state index in [0.29, 0.717) is 18.8 Å². The van der Waals surface area contributed by atoms with E-state index >= 15 is 0 Å². The van der Waals surface area contributed by atoms with Gasteiger partial charge in [0.05, 0.1) is 5.39 Å². The molecule has 0 unspecified atom stereocenters. The molecule has 0 bridgehead atoms. The van der Waals surface area contributed by atoms with Gasteiger partial charge < -0.3 is 15.6 Å². The van der Waals surface area contributed by atoms with Crippen LogP contribution >= 0.6 is 0 Å². The monoisotopic (exact) mass is 275 g/mol. The third-order valence-electron chi connectivity index (χ3n) is 3.45. The van der Waals surface area contributed by atoms with E-state index in [2.05, 4.69) is 15.3 Å². The molecular weight excluding hydrogens is 254 g/mol. The number of nitrogen functional groups attached to an aromatic ring is 1. The standard InChI is InChI=1S/C14H21N5O/c1-8(2)18-11(20)5-6-19-10(4)9(3)12-13(15)16-7-17-14(12)19/h7-8H,5-6H2,1-4H3,(H,18,20)(H2,15,16,17). The van der Waals surface area contributed by atoms with Gasteiger partial charge in [0.15, 0.2) is 0 Å². The number of carbonyl (C=O) groups is 1. The number of nitrogens with zero attached hydrogens (tertiary/aromatic N) is 3. The van der Waals surface area contributed by atoms with Crippen molar-refractivity contribution in [3.05, 3.63) is 17.6 Å². The van der Waals surface area contributed by atoms with Crippen molar-refractivity contribution in [1.82, 2.24) is 19.9 Å². The molecule has 2 aromatic rings. The number of aromatic nitrogens is 3. The van der Waals surface area contributed by atoms with Gasteiger partial charge in [-0.2, -0.15) is 0 Å². The number of hydrogen-bond acceptors (Lipinski definition) is 4. The molecule has 1 amide bonds. The van der Waals surface area contributed by atoms with Gasteiger partial charge in [0.1, 0.15) is 17.8 Å². The minimum atomic E-state index is 0.0425. The second-order valence-electron chi connectivity index (χ2n) is 5.29. The Balaban J connectivity index is 2.29. The molecule has 2 heterocycles. The maximum Gasteiger partial charge on any atom is 0.221 e. The SMILES string of the molecule is Cc1c(C)n(CCC(=O)NC(C)C)c2ncnc(N)c12. The van der Waals surface area contributed by atoms with E-state index in [9.17, 15) is 4.79 Å². The van der Waals surface area contributed by atoms with E-state index in [0.717, 1.165) is 22.3 Å². The molecule has 0 saturated heterocycles. The van der Waals surface area contributed by atoms with Crippen LogP contribution in [0.3, 0.4) is 0 Å². The summed E-state index contributed by atoms with van der Waals surface area (Å²) >= 11 is 0. The highest BCUT2D eigenvalue weighted by Crippen LogP contribution is 2.26. The van der Waals surface area contributed by atoms with Gasteiger partial charge in [0.2, 0.25) is 5.91 Å². The lowest BCUT2D eigenvalue weighted by Crippen LogP contribution is -2.30. The maximum atomic E-state index is 11.8. The summed E-state index contributed by atoms with van der Waals surface area (Å²) in [6.45, 7) is 8.50. The fraction of sp³-hybridized carbons (Fsp3) is 0.500. The van der Waals surface area contributed by atoms with Crippen molar-refractivity contribution in [2.75, 3.05) is 5.73 Å². The van der Waals surface area contributed by atoms with Crippen LogP contribution in [-0.4, -0.2) is 26.5 Å². The number of nitrogens with two attached hydrogens (primary N) is 1. The number of nitrogens with one attached hydrogen (secondary N) is 1. The predicted octanol–water partition coefficient (Wildman–Crippen LogP) is 1.55. The number of aryl methyl sites for hydroxylation is 2. The number of amides is 1. The van der Waals surface area contributed by atoms with Crippen LogP contribution < -0.4 is 11.1 Å². The van der Waals surface area contributed by atoms with Gasteiger partial charge >= 0.3 is 0 Å². The van der Waals surface area contributed by atoms with E-state index in [1.165, 1.54) is 6.33 Å². The number of anilines is 1. The van der Waals surface area contributed by atoms with Crippen LogP contribution in [0.2, 0.25) is 0 Å². The molecule has 0 aliphatic rings. The Morgan fingerprint density at radius 2 is 2.10 bits per heavy atom. The van der Waals surface area contributed by atoms with Crippen LogP contribution in [0.25, 0.3) is 11.0 Å². The molecule has 0 spiro atoms. The fourth-order valence-electron chi connectivity index (χ4n) is 2.38. The Kier molecular flexibility index (Phi) is 3.92. The van der Waals surface area contributed by atoms with E-state index in [-0.39, 0.29) is 11.9 Å². The molecule has 108 valence electrons. The Bertz CT molecular complexity index is 645. The van der Waals surface area contributed by atoms with Crippen molar-refractivity contribution in [2.45, 2.75) is 46.7 Å². The average molecular weight is 275 g/mol. The van der Waals surface area contributed by atoms with Crippen molar-refractivity contribution in [2.24, 2.45) is 0 Å². The number of fused-ring (bicyclic) bond motifs is 1. The second-order valence-corrected chi connectivity index (χ2v) is 5.29. The third-order valence-corrected chi connectivity index (χ3v) is 3.45. The summed E-state index contributed by atoms with van der Waals surface area (Å²) < 4.78 is 2.03. The van der Waals surface area contributed by atoms with Crippen LogP contribution in [0.15, 0.2) is 6.33 Å². The molecule has 6 nitrogen and oxygen atoms in total. The first-order chi connectivity index (χ1) is 9.41. The van der Waals surface area contributed by atoms with Gasteiger partial charge in [-0.1, -0.05) is 0 Å². The smallest absolute Gasteiger partial charge is 0.221 e. The van der Waals surface area contributed by atoms with Crippen molar-refractivity contribution in [1.29, 1.82) is 0 Å². The molecule has 2 aromatic heterocycles. The molecule has 6 heteroatoms. The Labute approximate surface area is 118 Å². The van der Waals surface area contributed by atoms with Crippen LogP contribution in [-0.2, 0) is 11.3 Å². The van der Waals surface area contributed by atoms with Crippen LogP contribution in [0.1, 0.15) is 31.5 Å². The molecule has 0 aromatic carbocycles. The molecule has 2 rings (SSSR count). The van der Waals surface area contributed by atoms with E-state index in [1.807, 2.05) is 32.3 Å². The minimum Gasteiger partial charge on any atom is -0.383 e. The van der Waals surface area contributed by atoms with E-state index < -0.39 is 0 Å². The first-order valence-corrected chi connectivity index (χ1v) is 6.77. The van der Waals surface area contributed by atoms with Gasteiger partial charge in [-0.25, -0.2) is 9.97 Å². The quantitative estimate of drug-likeness (QED) is 0.886. The van der Waals surface area contributed by atoms with Crippen molar-refractivity contribution in [3.63, 3.8) is 0 Å². The lowest BCUT2D eigenvalue weighted by atomic mass is 10.2. The Hall–Kier alpha value is -2.11. The Morgan fingerprint density at radius 1 is 1.40 bits per heavy atom. The number of carbonyl (C=O) groups excluding carboxylic acids is 1. The molecule has 3 N–H and O–H groups in total. The zero-order chi connectivity index (χ0) is 14.9. The van der Waals surface area contributed by atoms with Gasteiger partial charge in [-0.15, -0.1) is 0 Å². The fourth-order valence-corrected chi connectivity index (χ4v) is 2.38. The average Bonchev–Trinajstić information content (AvgIpc) is 2.60. The number of hydrogen-bond donors (Lipinski definition) is 2. The second kappa shape index (κ2) is 5.48. The lowest BCUT2D eigenvalue weighted by Gasteiger charge is -2.10. The maximum absolute atomic E-state index is 11.8. The molecular formula is C14H21N5O. The largest absolute Gasteiger partial charge is 0.383 e. The summed E-state index contributed by atoms with van der Waals surface area (Å²) in [4.78, 5) is 20.1. The summed E-state index contributed by atoms with van der Waals surface area (Å²) in [7, 11) is 0. The van der Waals surface area contributed by atoms with Crippen LogP contribution in [0, 0.1) is 13.8 Å². The van der Waals surface area contributed by atoms with Gasteiger partial charge in [-0.3, -0.25) is 4.79 Å². The summed E-state index contributed by atoms with van der Waals surface area (Å²) in [6.07, 6.45) is 1.88. The predicted molar refractivity (Wildman–Crippen MR) is 79.3 cm³/mol.